The maximum Gasteiger partial charge on any atom is 0.268 e. The van der Waals surface area contributed by atoms with Gasteiger partial charge in [0, 0.05) is 29.2 Å². The summed E-state index contributed by atoms with van der Waals surface area (Å²) in [5, 5.41) is 3.82. The van der Waals surface area contributed by atoms with Crippen LogP contribution in [0.25, 0.3) is 5.65 Å². The number of hydrogen-bond donors (Lipinski definition) is 1. The van der Waals surface area contributed by atoms with Crippen molar-refractivity contribution in [3.05, 3.63) is 69.1 Å². The van der Waals surface area contributed by atoms with E-state index in [0.717, 1.165) is 17.7 Å². The van der Waals surface area contributed by atoms with Crippen molar-refractivity contribution < 1.29 is 0 Å². The van der Waals surface area contributed by atoms with E-state index in [1.54, 1.807) is 28.9 Å². The zero-order valence-corrected chi connectivity index (χ0v) is 15.8. The lowest BCUT2D eigenvalue weighted by Crippen LogP contribution is -2.22. The molecule has 0 aliphatic rings. The molecular formula is C20H21ClN4O. The molecule has 6 heteroatoms. The number of pyridine rings is 1. The van der Waals surface area contributed by atoms with Gasteiger partial charge in [0.25, 0.3) is 5.56 Å². The molecule has 0 aliphatic heterocycles. The monoisotopic (exact) mass is 368 g/mol. The lowest BCUT2D eigenvalue weighted by molar-refractivity contribution is 0.720. The Bertz CT molecular complexity index is 1030. The van der Waals surface area contributed by atoms with E-state index in [-0.39, 0.29) is 11.6 Å². The van der Waals surface area contributed by atoms with Crippen LogP contribution in [0.2, 0.25) is 5.02 Å². The van der Waals surface area contributed by atoms with Crippen molar-refractivity contribution in [1.29, 1.82) is 0 Å². The molecule has 0 saturated carbocycles. The average molecular weight is 369 g/mol. The van der Waals surface area contributed by atoms with Crippen molar-refractivity contribution in [3.63, 3.8) is 0 Å². The Kier molecular flexibility index (Phi) is 5.38. The van der Waals surface area contributed by atoms with Crippen LogP contribution in [0.3, 0.4) is 0 Å². The van der Waals surface area contributed by atoms with Crippen LogP contribution in [-0.2, 0) is 0 Å². The topological polar surface area (TPSA) is 58.8 Å². The van der Waals surface area contributed by atoms with Crippen molar-refractivity contribution in [2.75, 3.05) is 5.32 Å². The number of hydrogen-bond acceptors (Lipinski definition) is 4. The number of fused-ring (bicyclic) bond motifs is 1. The first-order chi connectivity index (χ1) is 12.5. The Labute approximate surface area is 157 Å². The summed E-state index contributed by atoms with van der Waals surface area (Å²) in [5.41, 5.74) is 2.57. The molecule has 0 fully saturated rings. The second kappa shape index (κ2) is 7.70. The van der Waals surface area contributed by atoms with Crippen LogP contribution in [0.15, 0.2) is 52.4 Å². The molecule has 0 saturated heterocycles. The fourth-order valence-electron chi connectivity index (χ4n) is 2.53. The second-order valence-corrected chi connectivity index (χ2v) is 6.67. The molecule has 1 unspecified atom stereocenters. The molecule has 0 aliphatic carbocycles. The summed E-state index contributed by atoms with van der Waals surface area (Å²) in [5.74, 6) is 0.471. The van der Waals surface area contributed by atoms with E-state index in [4.69, 9.17) is 11.6 Å². The molecule has 26 heavy (non-hydrogen) atoms. The molecule has 3 rings (SSSR count). The van der Waals surface area contributed by atoms with Crippen molar-refractivity contribution in [3.8, 4) is 0 Å². The second-order valence-electron chi connectivity index (χ2n) is 6.23. The lowest BCUT2D eigenvalue weighted by Gasteiger charge is -2.12. The zero-order valence-electron chi connectivity index (χ0n) is 15.0. The third kappa shape index (κ3) is 3.78. The van der Waals surface area contributed by atoms with Gasteiger partial charge in [0.05, 0.1) is 0 Å². The fourth-order valence-corrected chi connectivity index (χ4v) is 2.72. The highest BCUT2D eigenvalue weighted by atomic mass is 35.5. The van der Waals surface area contributed by atoms with Gasteiger partial charge >= 0.3 is 0 Å². The van der Waals surface area contributed by atoms with Crippen LogP contribution in [0.1, 0.15) is 31.4 Å². The van der Waals surface area contributed by atoms with Crippen molar-refractivity contribution >= 4 is 35.0 Å². The SMILES string of the molecule is CCC(C)N=Cc1c(Nc2cccc(Cl)c2)nc2c(C)cccn2c1=O. The molecule has 2 aromatic heterocycles. The highest BCUT2D eigenvalue weighted by molar-refractivity contribution is 6.30. The van der Waals surface area contributed by atoms with Gasteiger partial charge in [0.2, 0.25) is 0 Å². The number of rotatable bonds is 5. The van der Waals surface area contributed by atoms with Crippen LogP contribution in [0, 0.1) is 6.92 Å². The van der Waals surface area contributed by atoms with Crippen LogP contribution >= 0.6 is 11.6 Å². The summed E-state index contributed by atoms with van der Waals surface area (Å²) in [4.78, 5) is 22.2. The van der Waals surface area contributed by atoms with Crippen molar-refractivity contribution in [2.45, 2.75) is 33.2 Å². The van der Waals surface area contributed by atoms with Crippen molar-refractivity contribution in [2.24, 2.45) is 4.99 Å². The minimum absolute atomic E-state index is 0.131. The zero-order chi connectivity index (χ0) is 18.7. The lowest BCUT2D eigenvalue weighted by atomic mass is 10.2. The summed E-state index contributed by atoms with van der Waals surface area (Å²) in [6, 6.07) is 11.2. The minimum Gasteiger partial charge on any atom is -0.339 e. The van der Waals surface area contributed by atoms with Crippen LogP contribution in [0.4, 0.5) is 11.5 Å². The van der Waals surface area contributed by atoms with Gasteiger partial charge in [-0.15, -0.1) is 0 Å². The molecule has 1 N–H and O–H groups in total. The average Bonchev–Trinajstić information content (AvgIpc) is 2.62. The Morgan fingerprint density at radius 2 is 2.15 bits per heavy atom. The summed E-state index contributed by atoms with van der Waals surface area (Å²) < 4.78 is 1.55. The normalized spacial score (nSPS) is 12.6. The molecule has 0 radical (unpaired) electrons. The molecule has 0 spiro atoms. The highest BCUT2D eigenvalue weighted by Crippen LogP contribution is 2.21. The first-order valence-electron chi connectivity index (χ1n) is 8.57. The van der Waals surface area contributed by atoms with Crippen molar-refractivity contribution in [1.82, 2.24) is 9.38 Å². The minimum atomic E-state index is -0.157. The maximum atomic E-state index is 13.0. The summed E-state index contributed by atoms with van der Waals surface area (Å²) in [6.45, 7) is 6.00. The molecule has 5 nitrogen and oxygen atoms in total. The Morgan fingerprint density at radius 3 is 2.88 bits per heavy atom. The Hall–Kier alpha value is -2.66. The van der Waals surface area contributed by atoms with Crippen LogP contribution in [0.5, 0.6) is 0 Å². The van der Waals surface area contributed by atoms with E-state index in [9.17, 15) is 4.79 Å². The predicted octanol–water partition coefficient (Wildman–Crippen LogP) is 4.62. The molecule has 3 aromatic rings. The van der Waals surface area contributed by atoms with Gasteiger partial charge in [-0.3, -0.25) is 14.2 Å². The number of aryl methyl sites for hydroxylation is 1. The van der Waals surface area contributed by atoms with E-state index in [1.807, 2.05) is 38.1 Å². The quantitative estimate of drug-likeness (QED) is 0.668. The number of halogens is 1. The number of aromatic nitrogens is 2. The Balaban J connectivity index is 2.19. The molecule has 1 aromatic carbocycles. The van der Waals surface area contributed by atoms with E-state index in [0.29, 0.717) is 22.1 Å². The van der Waals surface area contributed by atoms with Gasteiger partial charge in [0.15, 0.2) is 0 Å². The standard InChI is InChI=1S/C20H21ClN4O/c1-4-14(3)22-12-17-18(23-16-9-5-8-15(21)11-16)24-19-13(2)7-6-10-25(19)20(17)26/h5-12,14,23H,4H2,1-3H3. The number of nitrogens with zero attached hydrogens (tertiary/aromatic N) is 3. The maximum absolute atomic E-state index is 13.0. The molecule has 1 atom stereocenters. The highest BCUT2D eigenvalue weighted by Gasteiger charge is 2.13. The van der Waals surface area contributed by atoms with Crippen LogP contribution < -0.4 is 10.9 Å². The van der Waals surface area contributed by atoms with Gasteiger partial charge in [0.1, 0.15) is 17.0 Å². The fraction of sp³-hybridized carbons (Fsp3) is 0.250. The summed E-state index contributed by atoms with van der Waals surface area (Å²) >= 11 is 6.07. The third-order valence-corrected chi connectivity index (χ3v) is 4.46. The molecule has 0 bridgehead atoms. The van der Waals surface area contributed by atoms with Gasteiger partial charge in [-0.25, -0.2) is 4.98 Å². The largest absolute Gasteiger partial charge is 0.339 e. The molecule has 0 amide bonds. The number of aliphatic imine (C=N–C) groups is 1. The van der Waals surface area contributed by atoms with E-state index < -0.39 is 0 Å². The molecule has 134 valence electrons. The first kappa shape index (κ1) is 18.1. The predicted molar refractivity (Wildman–Crippen MR) is 108 cm³/mol. The van der Waals surface area contributed by atoms with Gasteiger partial charge < -0.3 is 5.32 Å². The van der Waals surface area contributed by atoms with Gasteiger partial charge in [-0.2, -0.15) is 0 Å². The van der Waals surface area contributed by atoms with E-state index in [1.165, 1.54) is 0 Å². The van der Waals surface area contributed by atoms with Gasteiger partial charge in [-0.05, 0) is 50.1 Å². The molecule has 2 heterocycles. The van der Waals surface area contributed by atoms with Crippen LogP contribution in [-0.4, -0.2) is 21.6 Å². The summed E-state index contributed by atoms with van der Waals surface area (Å²) in [6.07, 6.45) is 4.24. The number of benzene rings is 1. The number of nitrogens with one attached hydrogen (secondary N) is 1. The summed E-state index contributed by atoms with van der Waals surface area (Å²) in [7, 11) is 0. The Morgan fingerprint density at radius 1 is 1.35 bits per heavy atom. The molecular weight excluding hydrogens is 348 g/mol. The van der Waals surface area contributed by atoms with Gasteiger partial charge in [-0.1, -0.05) is 30.7 Å². The van der Waals surface area contributed by atoms with E-state index in [2.05, 4.69) is 22.2 Å². The first-order valence-corrected chi connectivity index (χ1v) is 8.95. The third-order valence-electron chi connectivity index (χ3n) is 4.22. The smallest absolute Gasteiger partial charge is 0.268 e. The number of anilines is 2. The van der Waals surface area contributed by atoms with E-state index >= 15 is 0 Å².